The molecule has 1 aromatic rings. The van der Waals surface area contributed by atoms with Gasteiger partial charge in [-0.05, 0) is 67.5 Å². The number of hydrogen-bond donors (Lipinski definition) is 2. The van der Waals surface area contributed by atoms with Crippen LogP contribution >= 0.6 is 0 Å². The third-order valence-electron chi connectivity index (χ3n) is 6.09. The Morgan fingerprint density at radius 3 is 1.41 bits per heavy atom. The summed E-state index contributed by atoms with van der Waals surface area (Å²) in [4.78, 5) is 0. The standard InChI is InChI=1S/C25H36N2/c1-18(2)21-15-22(19(3)26-24-11-7-5-8-12-24)17-23(16-21)20(4)27-25-13-9-6-10-14-25/h15-17,24-27H,1,3-14H2,2H3. The molecule has 27 heavy (non-hydrogen) atoms. The van der Waals surface area contributed by atoms with E-state index in [1.165, 1.54) is 69.8 Å². The summed E-state index contributed by atoms with van der Waals surface area (Å²) in [7, 11) is 0. The smallest absolute Gasteiger partial charge is 0.0343 e. The van der Waals surface area contributed by atoms with Gasteiger partial charge in [0.2, 0.25) is 0 Å². The first kappa shape index (κ1) is 19.8. The molecule has 0 spiro atoms. The molecule has 0 amide bonds. The predicted molar refractivity (Wildman–Crippen MR) is 119 cm³/mol. The minimum absolute atomic E-state index is 0.562. The quantitative estimate of drug-likeness (QED) is 0.576. The topological polar surface area (TPSA) is 24.1 Å². The van der Waals surface area contributed by atoms with Crippen molar-refractivity contribution < 1.29 is 0 Å². The SMILES string of the molecule is C=C(C)c1cc(C(=C)NC2CCCCC2)cc(C(=C)NC2CCCCC2)c1. The average molecular weight is 365 g/mol. The van der Waals surface area contributed by atoms with E-state index in [0.717, 1.165) is 28.1 Å². The molecule has 1 aromatic carbocycles. The zero-order chi connectivity index (χ0) is 19.2. The molecule has 0 heterocycles. The molecule has 0 aromatic heterocycles. The van der Waals surface area contributed by atoms with Crippen molar-refractivity contribution in [3.63, 3.8) is 0 Å². The summed E-state index contributed by atoms with van der Waals surface area (Å²) < 4.78 is 0. The van der Waals surface area contributed by atoms with Gasteiger partial charge in [0.05, 0.1) is 0 Å². The van der Waals surface area contributed by atoms with Crippen LogP contribution < -0.4 is 10.6 Å². The van der Waals surface area contributed by atoms with Gasteiger partial charge in [0.1, 0.15) is 0 Å². The van der Waals surface area contributed by atoms with Gasteiger partial charge in [-0.2, -0.15) is 0 Å². The lowest BCUT2D eigenvalue weighted by molar-refractivity contribution is 0.409. The van der Waals surface area contributed by atoms with Gasteiger partial charge in [-0.3, -0.25) is 0 Å². The number of hydrogen-bond acceptors (Lipinski definition) is 2. The van der Waals surface area contributed by atoms with Crippen molar-refractivity contribution in [3.8, 4) is 0 Å². The van der Waals surface area contributed by atoms with Gasteiger partial charge in [-0.15, -0.1) is 0 Å². The summed E-state index contributed by atoms with van der Waals surface area (Å²) in [5, 5.41) is 7.35. The van der Waals surface area contributed by atoms with Gasteiger partial charge < -0.3 is 10.6 Å². The first-order valence-electron chi connectivity index (χ1n) is 10.8. The van der Waals surface area contributed by atoms with Crippen molar-refractivity contribution in [2.24, 2.45) is 0 Å². The fraction of sp³-hybridized carbons (Fsp3) is 0.520. The van der Waals surface area contributed by atoms with E-state index >= 15 is 0 Å². The van der Waals surface area contributed by atoms with E-state index in [1.54, 1.807) is 0 Å². The molecule has 2 heteroatoms. The van der Waals surface area contributed by atoms with Crippen LogP contribution in [-0.4, -0.2) is 12.1 Å². The maximum atomic E-state index is 4.34. The molecule has 2 N–H and O–H groups in total. The van der Waals surface area contributed by atoms with Crippen molar-refractivity contribution >= 4 is 17.0 Å². The maximum Gasteiger partial charge on any atom is 0.0343 e. The second-order valence-electron chi connectivity index (χ2n) is 8.50. The second kappa shape index (κ2) is 9.30. The van der Waals surface area contributed by atoms with Gasteiger partial charge in [-0.25, -0.2) is 0 Å². The minimum Gasteiger partial charge on any atom is -0.382 e. The Balaban J connectivity index is 1.75. The summed E-state index contributed by atoms with van der Waals surface area (Å²) >= 11 is 0. The Morgan fingerprint density at radius 2 is 1.04 bits per heavy atom. The average Bonchev–Trinajstić information content (AvgIpc) is 2.69. The van der Waals surface area contributed by atoms with Crippen LogP contribution in [0, 0.1) is 0 Å². The monoisotopic (exact) mass is 364 g/mol. The van der Waals surface area contributed by atoms with E-state index in [9.17, 15) is 0 Å². The number of benzene rings is 1. The fourth-order valence-electron chi connectivity index (χ4n) is 4.38. The zero-order valence-corrected chi connectivity index (χ0v) is 17.1. The first-order valence-corrected chi connectivity index (χ1v) is 10.8. The Morgan fingerprint density at radius 1 is 0.667 bits per heavy atom. The summed E-state index contributed by atoms with van der Waals surface area (Å²) in [5.74, 6) is 0. The molecule has 0 saturated heterocycles. The molecular weight excluding hydrogens is 328 g/mol. The number of rotatable bonds is 7. The predicted octanol–water partition coefficient (Wildman–Crippen LogP) is 6.51. The first-order chi connectivity index (χ1) is 13.0. The molecule has 2 aliphatic carbocycles. The van der Waals surface area contributed by atoms with Gasteiger partial charge in [-0.1, -0.05) is 63.8 Å². The summed E-state index contributed by atoms with van der Waals surface area (Å²) in [5.41, 5.74) is 6.61. The van der Waals surface area contributed by atoms with Crippen LogP contribution in [0.15, 0.2) is 37.9 Å². The molecule has 0 aliphatic heterocycles. The van der Waals surface area contributed by atoms with Crippen molar-refractivity contribution in [2.45, 2.75) is 83.2 Å². The molecule has 0 atom stereocenters. The van der Waals surface area contributed by atoms with Crippen LogP contribution in [0.1, 0.15) is 87.8 Å². The van der Waals surface area contributed by atoms with Crippen LogP contribution in [0.4, 0.5) is 0 Å². The Labute approximate surface area is 165 Å². The Hall–Kier alpha value is -1.96. The maximum absolute atomic E-state index is 4.34. The normalized spacial score (nSPS) is 18.7. The zero-order valence-electron chi connectivity index (χ0n) is 17.1. The van der Waals surface area contributed by atoms with Crippen LogP contribution in [0.2, 0.25) is 0 Å². The summed E-state index contributed by atoms with van der Waals surface area (Å²) in [6.07, 6.45) is 13.0. The molecule has 146 valence electrons. The molecule has 2 nitrogen and oxygen atoms in total. The Kier molecular flexibility index (Phi) is 6.82. The summed E-state index contributed by atoms with van der Waals surface area (Å²) in [6.45, 7) is 14.9. The van der Waals surface area contributed by atoms with Crippen LogP contribution in [-0.2, 0) is 0 Å². The number of nitrogens with one attached hydrogen (secondary N) is 2. The Bertz CT molecular complexity index is 638. The number of allylic oxidation sites excluding steroid dienone is 1. The second-order valence-corrected chi connectivity index (χ2v) is 8.50. The third-order valence-corrected chi connectivity index (χ3v) is 6.09. The lowest BCUT2D eigenvalue weighted by atomic mass is 9.93. The molecule has 2 fully saturated rings. The molecule has 0 unspecified atom stereocenters. The molecule has 0 bridgehead atoms. The largest absolute Gasteiger partial charge is 0.382 e. The van der Waals surface area contributed by atoms with E-state index in [0.29, 0.717) is 12.1 Å². The van der Waals surface area contributed by atoms with E-state index in [1.807, 2.05) is 0 Å². The van der Waals surface area contributed by atoms with E-state index < -0.39 is 0 Å². The molecular formula is C25H36N2. The fourth-order valence-corrected chi connectivity index (χ4v) is 4.38. The lowest BCUT2D eigenvalue weighted by Gasteiger charge is -2.27. The van der Waals surface area contributed by atoms with Gasteiger partial charge in [0.15, 0.2) is 0 Å². The van der Waals surface area contributed by atoms with Gasteiger partial charge in [0, 0.05) is 23.5 Å². The highest BCUT2D eigenvalue weighted by Gasteiger charge is 2.17. The van der Waals surface area contributed by atoms with Crippen molar-refractivity contribution in [1.29, 1.82) is 0 Å². The highest BCUT2D eigenvalue weighted by atomic mass is 14.9. The molecule has 2 saturated carbocycles. The van der Waals surface area contributed by atoms with Gasteiger partial charge in [0.25, 0.3) is 0 Å². The van der Waals surface area contributed by atoms with E-state index in [2.05, 4.69) is 55.5 Å². The van der Waals surface area contributed by atoms with E-state index in [-0.39, 0.29) is 0 Å². The van der Waals surface area contributed by atoms with Crippen molar-refractivity contribution in [3.05, 3.63) is 54.6 Å². The minimum atomic E-state index is 0.562. The lowest BCUT2D eigenvalue weighted by Crippen LogP contribution is -2.30. The third kappa shape index (κ3) is 5.51. The van der Waals surface area contributed by atoms with Crippen molar-refractivity contribution in [2.75, 3.05) is 0 Å². The van der Waals surface area contributed by atoms with Crippen molar-refractivity contribution in [1.82, 2.24) is 10.6 Å². The highest BCUT2D eigenvalue weighted by Crippen LogP contribution is 2.27. The highest BCUT2D eigenvalue weighted by molar-refractivity contribution is 5.75. The van der Waals surface area contributed by atoms with Gasteiger partial charge >= 0.3 is 0 Å². The molecule has 2 aliphatic rings. The van der Waals surface area contributed by atoms with Crippen LogP contribution in [0.25, 0.3) is 17.0 Å². The molecule has 3 rings (SSSR count). The van der Waals surface area contributed by atoms with E-state index in [4.69, 9.17) is 0 Å². The van der Waals surface area contributed by atoms with Crippen LogP contribution in [0.3, 0.4) is 0 Å². The van der Waals surface area contributed by atoms with Crippen LogP contribution in [0.5, 0.6) is 0 Å². The summed E-state index contributed by atoms with van der Waals surface area (Å²) in [6, 6.07) is 7.76. The molecule has 0 radical (unpaired) electrons.